The van der Waals surface area contributed by atoms with Gasteiger partial charge in [-0.2, -0.15) is 0 Å². The number of rotatable bonds is 1. The lowest BCUT2D eigenvalue weighted by atomic mass is 9.32. The van der Waals surface area contributed by atoms with Crippen LogP contribution >= 0.6 is 0 Å². The molecule has 0 aliphatic heterocycles. The standard InChI is InChI=1S/C30H46O4/c1-25(2)12-14-30(24(33)34)15-13-28(6)18(19(30)16-25)8-9-21-27(5)11-10-22(32)26(3,4)23(27)20(31)17-29(21,28)7/h16,18,20-21,23,31H,8-15,17H2,1-7H3,(H,33,34)/t18-,20-,21-,23-,27-,28-,29-,30+/m1/s1. The van der Waals surface area contributed by atoms with E-state index in [0.717, 1.165) is 44.9 Å². The first-order chi connectivity index (χ1) is 15.6. The molecular formula is C30H46O4. The summed E-state index contributed by atoms with van der Waals surface area (Å²) in [6.07, 6.45) is 9.43. The van der Waals surface area contributed by atoms with Crippen LogP contribution in [0.4, 0.5) is 0 Å². The van der Waals surface area contributed by atoms with Gasteiger partial charge < -0.3 is 10.2 Å². The second-order valence-corrected chi connectivity index (χ2v) is 14.9. The Morgan fingerprint density at radius 1 is 0.912 bits per heavy atom. The highest BCUT2D eigenvalue weighted by Gasteiger charge is 2.71. The maximum atomic E-state index is 12.9. The molecule has 4 heteroatoms. The molecule has 2 N–H and O–H groups in total. The van der Waals surface area contributed by atoms with Crippen molar-refractivity contribution in [2.24, 2.45) is 50.2 Å². The fourth-order valence-electron chi connectivity index (χ4n) is 10.7. The summed E-state index contributed by atoms with van der Waals surface area (Å²) in [4.78, 5) is 25.7. The number of aliphatic hydroxyl groups excluding tert-OH is 1. The SMILES string of the molecule is CC1(C)C=C2[C@H]3CC[C@@H]4[C@@]5(C)CCC(=O)C(C)(C)[C@H]5[C@H](O)C[C@@]4(C)[C@]3(C)CC[C@@]2(C(=O)O)CC1. The second-order valence-electron chi connectivity index (χ2n) is 14.9. The summed E-state index contributed by atoms with van der Waals surface area (Å²) in [6.45, 7) is 15.8. The molecular weight excluding hydrogens is 424 g/mol. The predicted molar refractivity (Wildman–Crippen MR) is 133 cm³/mol. The lowest BCUT2D eigenvalue weighted by Gasteiger charge is -2.72. The fraction of sp³-hybridized carbons (Fsp3) is 0.867. The zero-order chi connectivity index (χ0) is 25.1. The zero-order valence-corrected chi connectivity index (χ0v) is 22.5. The molecule has 0 heterocycles. The number of aliphatic hydroxyl groups is 1. The van der Waals surface area contributed by atoms with E-state index < -0.39 is 22.9 Å². The topological polar surface area (TPSA) is 74.6 Å². The molecule has 0 saturated heterocycles. The summed E-state index contributed by atoms with van der Waals surface area (Å²) in [6, 6.07) is 0. The highest BCUT2D eigenvalue weighted by Crippen LogP contribution is 2.76. The van der Waals surface area contributed by atoms with Gasteiger partial charge in [-0.25, -0.2) is 0 Å². The van der Waals surface area contributed by atoms with Gasteiger partial charge in [0.15, 0.2) is 0 Å². The maximum Gasteiger partial charge on any atom is 0.313 e. The monoisotopic (exact) mass is 470 g/mol. The van der Waals surface area contributed by atoms with Crippen LogP contribution in [0.1, 0.15) is 106 Å². The fourth-order valence-corrected chi connectivity index (χ4v) is 10.7. The molecule has 0 unspecified atom stereocenters. The third kappa shape index (κ3) is 2.81. The van der Waals surface area contributed by atoms with E-state index in [2.05, 4.69) is 54.5 Å². The van der Waals surface area contributed by atoms with Crippen molar-refractivity contribution in [2.75, 3.05) is 0 Å². The number of hydrogen-bond donors (Lipinski definition) is 2. The lowest BCUT2D eigenvalue weighted by molar-refractivity contribution is -0.243. The van der Waals surface area contributed by atoms with Crippen molar-refractivity contribution in [3.63, 3.8) is 0 Å². The molecule has 0 radical (unpaired) electrons. The number of carbonyl (C=O) groups excluding carboxylic acids is 1. The van der Waals surface area contributed by atoms with Crippen molar-refractivity contribution < 1.29 is 19.8 Å². The minimum absolute atomic E-state index is 0.00555. The third-order valence-corrected chi connectivity index (χ3v) is 12.6. The number of aliphatic carboxylic acids is 1. The van der Waals surface area contributed by atoms with Crippen LogP contribution in [-0.2, 0) is 9.59 Å². The van der Waals surface area contributed by atoms with E-state index in [4.69, 9.17) is 0 Å². The van der Waals surface area contributed by atoms with Gasteiger partial charge in [0.2, 0.25) is 0 Å². The molecule has 8 atom stereocenters. The molecule has 34 heavy (non-hydrogen) atoms. The number of fused-ring (bicyclic) bond motifs is 7. The van der Waals surface area contributed by atoms with Gasteiger partial charge in [-0.3, -0.25) is 9.59 Å². The number of ketones is 1. The molecule has 4 saturated carbocycles. The van der Waals surface area contributed by atoms with Crippen molar-refractivity contribution in [3.05, 3.63) is 11.6 Å². The van der Waals surface area contributed by atoms with Gasteiger partial charge in [0.25, 0.3) is 0 Å². The summed E-state index contributed by atoms with van der Waals surface area (Å²) in [5, 5.41) is 22.2. The Labute approximate surface area is 206 Å². The van der Waals surface area contributed by atoms with E-state index >= 15 is 0 Å². The van der Waals surface area contributed by atoms with Crippen LogP contribution < -0.4 is 0 Å². The van der Waals surface area contributed by atoms with Gasteiger partial charge in [0.05, 0.1) is 11.5 Å². The Morgan fingerprint density at radius 3 is 2.21 bits per heavy atom. The molecule has 0 bridgehead atoms. The highest BCUT2D eigenvalue weighted by atomic mass is 16.4. The molecule has 190 valence electrons. The largest absolute Gasteiger partial charge is 0.481 e. The minimum atomic E-state index is -0.706. The molecule has 5 aliphatic carbocycles. The minimum Gasteiger partial charge on any atom is -0.481 e. The van der Waals surface area contributed by atoms with Crippen LogP contribution in [0.25, 0.3) is 0 Å². The lowest BCUT2D eigenvalue weighted by Crippen LogP contribution is -2.69. The molecule has 5 aliphatic rings. The molecule has 0 spiro atoms. The van der Waals surface area contributed by atoms with Crippen molar-refractivity contribution in [3.8, 4) is 0 Å². The van der Waals surface area contributed by atoms with Crippen LogP contribution in [0.3, 0.4) is 0 Å². The van der Waals surface area contributed by atoms with E-state index in [9.17, 15) is 19.8 Å². The first kappa shape index (κ1) is 24.5. The van der Waals surface area contributed by atoms with Crippen LogP contribution in [0.5, 0.6) is 0 Å². The molecule has 4 fully saturated rings. The van der Waals surface area contributed by atoms with Crippen LogP contribution in [0.2, 0.25) is 0 Å². The number of carbonyl (C=O) groups is 2. The third-order valence-electron chi connectivity index (χ3n) is 12.6. The Kier molecular flexibility index (Phi) is 5.04. The summed E-state index contributed by atoms with van der Waals surface area (Å²) >= 11 is 0. The quantitative estimate of drug-likeness (QED) is 0.434. The van der Waals surface area contributed by atoms with Crippen molar-refractivity contribution >= 4 is 11.8 Å². The van der Waals surface area contributed by atoms with E-state index in [1.165, 1.54) is 5.57 Å². The highest BCUT2D eigenvalue weighted by molar-refractivity contribution is 5.85. The maximum absolute atomic E-state index is 12.9. The first-order valence-electron chi connectivity index (χ1n) is 13.7. The van der Waals surface area contributed by atoms with Gasteiger partial charge in [-0.1, -0.05) is 60.1 Å². The van der Waals surface area contributed by atoms with Crippen molar-refractivity contribution in [2.45, 2.75) is 112 Å². The average Bonchev–Trinajstić information content (AvgIpc) is 2.70. The van der Waals surface area contributed by atoms with Crippen LogP contribution in [0.15, 0.2) is 11.6 Å². The molecule has 0 aromatic carbocycles. The number of Topliss-reactive ketones (excluding diaryl/α,β-unsaturated/α-hetero) is 1. The van der Waals surface area contributed by atoms with Gasteiger partial charge in [-0.05, 0) is 84.9 Å². The predicted octanol–water partition coefficient (Wildman–Crippen LogP) is 6.41. The van der Waals surface area contributed by atoms with Gasteiger partial charge in [-0.15, -0.1) is 0 Å². The smallest absolute Gasteiger partial charge is 0.313 e. The molecule has 4 nitrogen and oxygen atoms in total. The van der Waals surface area contributed by atoms with Crippen molar-refractivity contribution in [1.29, 1.82) is 0 Å². The van der Waals surface area contributed by atoms with Crippen LogP contribution in [0, 0.1) is 50.2 Å². The van der Waals surface area contributed by atoms with Crippen molar-refractivity contribution in [1.82, 2.24) is 0 Å². The Bertz CT molecular complexity index is 961. The molecule has 5 rings (SSSR count). The van der Waals surface area contributed by atoms with E-state index in [-0.39, 0.29) is 33.5 Å². The van der Waals surface area contributed by atoms with Gasteiger partial charge in [0, 0.05) is 17.8 Å². The molecule has 0 aromatic rings. The van der Waals surface area contributed by atoms with Gasteiger partial charge >= 0.3 is 5.97 Å². The molecule has 0 amide bonds. The number of hydrogen-bond acceptors (Lipinski definition) is 3. The average molecular weight is 471 g/mol. The first-order valence-corrected chi connectivity index (χ1v) is 13.7. The summed E-state index contributed by atoms with van der Waals surface area (Å²) < 4.78 is 0. The number of carboxylic acid groups (broad SMARTS) is 1. The van der Waals surface area contributed by atoms with E-state index in [1.54, 1.807) is 0 Å². The van der Waals surface area contributed by atoms with Gasteiger partial charge in [0.1, 0.15) is 5.78 Å². The Hall–Kier alpha value is -1.16. The Balaban J connectivity index is 1.62. The molecule has 0 aromatic heterocycles. The van der Waals surface area contributed by atoms with Crippen LogP contribution in [-0.4, -0.2) is 28.1 Å². The number of carboxylic acids is 1. The van der Waals surface area contributed by atoms with E-state index in [0.29, 0.717) is 24.5 Å². The second kappa shape index (κ2) is 6.99. The normalized spacial score (nSPS) is 51.3. The zero-order valence-electron chi connectivity index (χ0n) is 22.5. The summed E-state index contributed by atoms with van der Waals surface area (Å²) in [7, 11) is 0. The summed E-state index contributed by atoms with van der Waals surface area (Å²) in [5.74, 6) is 0.358. The Morgan fingerprint density at radius 2 is 1.56 bits per heavy atom. The number of allylic oxidation sites excluding steroid dienone is 1. The van der Waals surface area contributed by atoms with E-state index in [1.807, 2.05) is 0 Å². The summed E-state index contributed by atoms with van der Waals surface area (Å²) in [5.41, 5.74) is -0.168.